The van der Waals surface area contributed by atoms with Gasteiger partial charge in [0, 0.05) is 30.3 Å². The second-order valence-corrected chi connectivity index (χ2v) is 5.11. The van der Waals surface area contributed by atoms with Gasteiger partial charge in [-0.15, -0.1) is 0 Å². The molecule has 0 spiro atoms. The lowest BCUT2D eigenvalue weighted by Gasteiger charge is -2.14. The summed E-state index contributed by atoms with van der Waals surface area (Å²) < 4.78 is 1.91. The zero-order valence-electron chi connectivity index (χ0n) is 12.5. The lowest BCUT2D eigenvalue weighted by molar-refractivity contribution is -0.131. The van der Waals surface area contributed by atoms with Crippen molar-refractivity contribution in [1.82, 2.24) is 15.1 Å². The quantitative estimate of drug-likeness (QED) is 0.890. The van der Waals surface area contributed by atoms with E-state index in [0.717, 1.165) is 29.9 Å². The van der Waals surface area contributed by atoms with Gasteiger partial charge in [-0.2, -0.15) is 5.10 Å². The van der Waals surface area contributed by atoms with Crippen LogP contribution in [0, 0.1) is 6.92 Å². The molecule has 2 rings (SSSR count). The molecule has 2 unspecified atom stereocenters. The Hall–Kier alpha value is -1.85. The van der Waals surface area contributed by atoms with Gasteiger partial charge in [-0.1, -0.05) is 12.1 Å². The molecule has 1 aliphatic rings. The van der Waals surface area contributed by atoms with Gasteiger partial charge in [0.15, 0.2) is 0 Å². The SMILES string of the molecule is CCC(C)NC(=O)C1CC(c2cnn(CC)c2C)=NO1. The van der Waals surface area contributed by atoms with Crippen molar-refractivity contribution < 1.29 is 9.63 Å². The van der Waals surface area contributed by atoms with Crippen LogP contribution in [0.15, 0.2) is 11.4 Å². The maximum atomic E-state index is 12.0. The molecule has 0 bridgehead atoms. The van der Waals surface area contributed by atoms with Crippen molar-refractivity contribution in [3.63, 3.8) is 0 Å². The summed E-state index contributed by atoms with van der Waals surface area (Å²) in [5.41, 5.74) is 2.81. The summed E-state index contributed by atoms with van der Waals surface area (Å²) >= 11 is 0. The standard InChI is InChI=1S/C14H22N4O2/c1-5-9(3)16-14(19)13-7-12(17-20-13)11-8-15-18(6-2)10(11)4/h8-9,13H,5-7H2,1-4H3,(H,16,19). The van der Waals surface area contributed by atoms with E-state index in [1.165, 1.54) is 0 Å². The summed E-state index contributed by atoms with van der Waals surface area (Å²) in [6.07, 6.45) is 2.66. The van der Waals surface area contributed by atoms with Gasteiger partial charge < -0.3 is 10.2 Å². The van der Waals surface area contributed by atoms with Crippen molar-refractivity contribution in [2.75, 3.05) is 0 Å². The number of aryl methyl sites for hydroxylation is 1. The van der Waals surface area contributed by atoms with Crippen molar-refractivity contribution >= 4 is 11.6 Å². The van der Waals surface area contributed by atoms with Crippen LogP contribution in [0.5, 0.6) is 0 Å². The fourth-order valence-corrected chi connectivity index (χ4v) is 2.16. The lowest BCUT2D eigenvalue weighted by Crippen LogP contribution is -2.39. The molecule has 1 N–H and O–H groups in total. The molecule has 1 aromatic heterocycles. The molecule has 110 valence electrons. The highest BCUT2D eigenvalue weighted by Crippen LogP contribution is 2.19. The van der Waals surface area contributed by atoms with Crippen LogP contribution >= 0.6 is 0 Å². The van der Waals surface area contributed by atoms with Gasteiger partial charge in [0.05, 0.1) is 11.9 Å². The Morgan fingerprint density at radius 1 is 1.60 bits per heavy atom. The molecule has 2 atom stereocenters. The van der Waals surface area contributed by atoms with Gasteiger partial charge in [0.25, 0.3) is 5.91 Å². The second kappa shape index (κ2) is 6.07. The van der Waals surface area contributed by atoms with E-state index in [0.29, 0.717) is 6.42 Å². The molecule has 20 heavy (non-hydrogen) atoms. The van der Waals surface area contributed by atoms with Crippen LogP contribution in [0.1, 0.15) is 44.9 Å². The molecule has 1 amide bonds. The summed E-state index contributed by atoms with van der Waals surface area (Å²) in [6.45, 7) is 8.87. The van der Waals surface area contributed by atoms with Crippen LogP contribution < -0.4 is 5.32 Å². The van der Waals surface area contributed by atoms with E-state index in [4.69, 9.17) is 4.84 Å². The first-order valence-electron chi connectivity index (χ1n) is 7.12. The molecule has 6 heteroatoms. The van der Waals surface area contributed by atoms with Gasteiger partial charge in [-0.3, -0.25) is 9.48 Å². The third-order valence-electron chi connectivity index (χ3n) is 3.68. The topological polar surface area (TPSA) is 68.5 Å². The molecular formula is C14H22N4O2. The van der Waals surface area contributed by atoms with Gasteiger partial charge in [0.1, 0.15) is 0 Å². The third-order valence-corrected chi connectivity index (χ3v) is 3.68. The normalized spacial score (nSPS) is 19.4. The predicted molar refractivity (Wildman–Crippen MR) is 76.6 cm³/mol. The maximum absolute atomic E-state index is 12.0. The molecule has 1 aromatic rings. The van der Waals surface area contributed by atoms with E-state index < -0.39 is 6.10 Å². The second-order valence-electron chi connectivity index (χ2n) is 5.11. The number of rotatable bonds is 5. The Labute approximate surface area is 119 Å². The highest BCUT2D eigenvalue weighted by molar-refractivity contribution is 6.04. The van der Waals surface area contributed by atoms with Crippen molar-refractivity contribution in [2.45, 2.75) is 59.2 Å². The molecule has 2 heterocycles. The minimum Gasteiger partial charge on any atom is -0.382 e. The molecular weight excluding hydrogens is 256 g/mol. The van der Waals surface area contributed by atoms with E-state index in [9.17, 15) is 4.79 Å². The zero-order chi connectivity index (χ0) is 14.7. The summed E-state index contributed by atoms with van der Waals surface area (Å²) in [6, 6.07) is 0.153. The zero-order valence-corrected chi connectivity index (χ0v) is 12.5. The Balaban J connectivity index is 2.01. The van der Waals surface area contributed by atoms with E-state index >= 15 is 0 Å². The highest BCUT2D eigenvalue weighted by Gasteiger charge is 2.30. The number of oxime groups is 1. The number of nitrogens with one attached hydrogen (secondary N) is 1. The molecule has 0 saturated heterocycles. The first kappa shape index (κ1) is 14.6. The van der Waals surface area contributed by atoms with Gasteiger partial charge in [-0.25, -0.2) is 0 Å². The first-order valence-corrected chi connectivity index (χ1v) is 7.12. The van der Waals surface area contributed by atoms with E-state index in [2.05, 4.69) is 15.6 Å². The summed E-state index contributed by atoms with van der Waals surface area (Å²) in [7, 11) is 0. The molecule has 0 aromatic carbocycles. The van der Waals surface area contributed by atoms with E-state index in [1.807, 2.05) is 32.4 Å². The number of hydrogen-bond donors (Lipinski definition) is 1. The van der Waals surface area contributed by atoms with Crippen LogP contribution in [0.3, 0.4) is 0 Å². The fourth-order valence-electron chi connectivity index (χ4n) is 2.16. The Morgan fingerprint density at radius 3 is 2.95 bits per heavy atom. The number of hydrogen-bond acceptors (Lipinski definition) is 4. The minimum atomic E-state index is -0.525. The molecule has 0 fully saturated rings. The number of aromatic nitrogens is 2. The number of nitrogens with zero attached hydrogens (tertiary/aromatic N) is 3. The van der Waals surface area contributed by atoms with E-state index in [1.54, 1.807) is 6.20 Å². The Bertz CT molecular complexity index is 521. The lowest BCUT2D eigenvalue weighted by atomic mass is 10.1. The molecule has 0 aliphatic carbocycles. The molecule has 0 saturated carbocycles. The Kier molecular flexibility index (Phi) is 4.42. The van der Waals surface area contributed by atoms with Crippen molar-refractivity contribution in [2.24, 2.45) is 5.16 Å². The largest absolute Gasteiger partial charge is 0.382 e. The van der Waals surface area contributed by atoms with Crippen molar-refractivity contribution in [3.05, 3.63) is 17.5 Å². The average molecular weight is 278 g/mol. The first-order chi connectivity index (χ1) is 9.56. The van der Waals surface area contributed by atoms with Crippen molar-refractivity contribution in [3.8, 4) is 0 Å². The summed E-state index contributed by atoms with van der Waals surface area (Å²) in [5.74, 6) is -0.0985. The maximum Gasteiger partial charge on any atom is 0.264 e. The van der Waals surface area contributed by atoms with Crippen molar-refractivity contribution in [1.29, 1.82) is 0 Å². The Morgan fingerprint density at radius 2 is 2.35 bits per heavy atom. The molecule has 1 aliphatic heterocycles. The van der Waals surface area contributed by atoms with Crippen LogP contribution in [0.2, 0.25) is 0 Å². The van der Waals surface area contributed by atoms with Crippen LogP contribution in [-0.2, 0) is 16.2 Å². The third kappa shape index (κ3) is 2.84. The number of amides is 1. The van der Waals surface area contributed by atoms with Gasteiger partial charge >= 0.3 is 0 Å². The molecule has 6 nitrogen and oxygen atoms in total. The molecule has 0 radical (unpaired) electrons. The number of carbonyl (C=O) groups is 1. The van der Waals surface area contributed by atoms with Crippen LogP contribution in [0.25, 0.3) is 0 Å². The van der Waals surface area contributed by atoms with Gasteiger partial charge in [0.2, 0.25) is 6.10 Å². The highest BCUT2D eigenvalue weighted by atomic mass is 16.6. The number of carbonyl (C=O) groups excluding carboxylic acids is 1. The van der Waals surface area contributed by atoms with E-state index in [-0.39, 0.29) is 11.9 Å². The van der Waals surface area contributed by atoms with Crippen LogP contribution in [0.4, 0.5) is 0 Å². The monoisotopic (exact) mass is 278 g/mol. The fraction of sp³-hybridized carbons (Fsp3) is 0.643. The predicted octanol–water partition coefficient (Wildman–Crippen LogP) is 1.62. The van der Waals surface area contributed by atoms with Crippen LogP contribution in [-0.4, -0.2) is 33.5 Å². The summed E-state index contributed by atoms with van der Waals surface area (Å²) in [4.78, 5) is 17.3. The average Bonchev–Trinajstić information content (AvgIpc) is 3.04. The minimum absolute atomic E-state index is 0.0985. The summed E-state index contributed by atoms with van der Waals surface area (Å²) in [5, 5.41) is 11.3. The van der Waals surface area contributed by atoms with Gasteiger partial charge in [-0.05, 0) is 27.2 Å². The smallest absolute Gasteiger partial charge is 0.264 e.